The predicted molar refractivity (Wildman–Crippen MR) is 261 cm³/mol. The first kappa shape index (κ1) is 32.5. The Bertz CT molecular complexity index is 4020. The second-order valence-corrected chi connectivity index (χ2v) is 17.1. The third kappa shape index (κ3) is 6.10. The van der Waals surface area contributed by atoms with Crippen LogP contribution in [0.1, 0.15) is 33.2 Å². The van der Waals surface area contributed by atoms with Crippen LogP contribution in [-0.4, -0.2) is 18.7 Å². The van der Waals surface area contributed by atoms with Crippen LogP contribution in [0.3, 0.4) is 0 Å². The van der Waals surface area contributed by atoms with E-state index in [1.54, 1.807) is 0 Å². The van der Waals surface area contributed by atoms with E-state index in [1.165, 1.54) is 5.56 Å². The van der Waals surface area contributed by atoms with E-state index in [9.17, 15) is 2.74 Å². The van der Waals surface area contributed by atoms with Crippen molar-refractivity contribution in [2.24, 2.45) is 0 Å². The number of hydrogen-bond donors (Lipinski definition) is 0. The third-order valence-corrected chi connectivity index (χ3v) is 12.2. The number of para-hydroxylation sites is 5. The van der Waals surface area contributed by atoms with Crippen molar-refractivity contribution in [2.45, 2.75) is 26.2 Å². The first-order valence-corrected chi connectivity index (χ1v) is 21.4. The molecule has 0 saturated heterocycles. The molecule has 0 N–H and O–H groups in total. The summed E-state index contributed by atoms with van der Waals surface area (Å²) in [5, 5.41) is 4.00. The van der Waals surface area contributed by atoms with Crippen molar-refractivity contribution in [1.82, 2.24) is 18.7 Å². The van der Waals surface area contributed by atoms with Crippen LogP contribution in [0.4, 0.5) is 0 Å². The van der Waals surface area contributed by atoms with E-state index >= 15 is 0 Å². The molecular weight excluding hydrogens is 783 g/mol. The number of pyridine rings is 1. The smallest absolute Gasteiger partial charge is 0.269 e. The topological polar surface area (TPSA) is 40.8 Å². The van der Waals surface area contributed by atoms with Crippen molar-refractivity contribution in [3.05, 3.63) is 218 Å². The zero-order valence-electron chi connectivity index (χ0n) is 40.4. The molecule has 0 aliphatic carbocycles. The van der Waals surface area contributed by atoms with Crippen LogP contribution < -0.4 is 9.30 Å². The van der Waals surface area contributed by atoms with E-state index in [1.807, 2.05) is 112 Å². The Hall–Kier alpha value is -8.22. The minimum absolute atomic E-state index is 0.0553. The summed E-state index contributed by atoms with van der Waals surface area (Å²) in [6, 6.07) is 55.1. The van der Waals surface area contributed by atoms with Crippen molar-refractivity contribution < 1.29 is 16.2 Å². The Labute approximate surface area is 378 Å². The maximum atomic E-state index is 9.20. The first-order chi connectivity index (χ1) is 33.5. The lowest BCUT2D eigenvalue weighted by molar-refractivity contribution is -0.570. The zero-order valence-corrected chi connectivity index (χ0v) is 35.4. The van der Waals surface area contributed by atoms with Crippen LogP contribution in [0.25, 0.3) is 88.7 Å². The summed E-state index contributed by atoms with van der Waals surface area (Å²) in [7, 11) is 0. The molecule has 0 aliphatic heterocycles. The number of fused-ring (bicyclic) bond motifs is 7. The van der Waals surface area contributed by atoms with E-state index in [0.29, 0.717) is 22.7 Å². The highest BCUT2D eigenvalue weighted by molar-refractivity contribution is 6.15. The molecule has 306 valence electrons. The van der Waals surface area contributed by atoms with Crippen LogP contribution in [0.5, 0.6) is 11.5 Å². The molecule has 0 amide bonds. The molecule has 0 spiro atoms. The van der Waals surface area contributed by atoms with E-state index in [-0.39, 0.29) is 23.1 Å². The second kappa shape index (κ2) is 14.7. The number of hydrogen-bond acceptors (Lipinski definition) is 2. The standard InChI is InChI=1S/C58H43N5O/c1-58(2,3)40-33-34-59-55(35-40)63-49-25-12-10-23-46(49)47-30-29-44(37-54(47)63)64-43-22-16-21-42(36-43)60-38-61(52-28-15-14-27-51(52)60)57-45(39-17-6-4-7-18-39)31-32-53-56(57)48-24-11-13-26-50(48)62(53)41-19-8-5-9-20-41/h4-37H,1-3H3/i4D,6D,7D,17D,18D. The lowest BCUT2D eigenvalue weighted by Gasteiger charge is -2.20. The number of aromatic nitrogens is 5. The average Bonchev–Trinajstić information content (AvgIpc) is 4.03. The number of imidazole rings is 1. The second-order valence-electron chi connectivity index (χ2n) is 17.1. The quantitative estimate of drug-likeness (QED) is 0.119. The van der Waals surface area contributed by atoms with Gasteiger partial charge in [0.1, 0.15) is 17.3 Å². The lowest BCUT2D eigenvalue weighted by atomic mass is 9.88. The van der Waals surface area contributed by atoms with E-state index < -0.39 is 18.1 Å². The molecule has 0 unspecified atom stereocenters. The van der Waals surface area contributed by atoms with Crippen LogP contribution in [0.2, 0.25) is 0 Å². The summed E-state index contributed by atoms with van der Waals surface area (Å²) in [5.74, 6) is 2.12. The number of ether oxygens (including phenoxy) is 1. The van der Waals surface area contributed by atoms with Gasteiger partial charge in [0.25, 0.3) is 6.33 Å². The fraction of sp³-hybridized carbons (Fsp3) is 0.0690. The third-order valence-electron chi connectivity index (χ3n) is 12.2. The zero-order chi connectivity index (χ0) is 47.3. The summed E-state index contributed by atoms with van der Waals surface area (Å²) >= 11 is 0. The Morgan fingerprint density at radius 3 is 2.06 bits per heavy atom. The molecule has 0 bridgehead atoms. The summed E-state index contributed by atoms with van der Waals surface area (Å²) < 4.78 is 59.4. The minimum atomic E-state index is -0.444. The molecule has 0 atom stereocenters. The van der Waals surface area contributed by atoms with Gasteiger partial charge in [0.15, 0.2) is 0 Å². The van der Waals surface area contributed by atoms with Gasteiger partial charge in [-0.1, -0.05) is 142 Å². The molecule has 0 saturated carbocycles. The Morgan fingerprint density at radius 2 is 1.25 bits per heavy atom. The Kier molecular flexibility index (Phi) is 7.47. The van der Waals surface area contributed by atoms with Gasteiger partial charge in [-0.15, -0.1) is 0 Å². The first-order valence-electron chi connectivity index (χ1n) is 23.9. The van der Waals surface area contributed by atoms with Crippen LogP contribution in [0.15, 0.2) is 206 Å². The molecule has 4 aromatic heterocycles. The summed E-state index contributed by atoms with van der Waals surface area (Å²) in [6.45, 7) is 6.62. The van der Waals surface area contributed by atoms with Crippen molar-refractivity contribution in [2.75, 3.05) is 0 Å². The van der Waals surface area contributed by atoms with Crippen molar-refractivity contribution in [1.29, 1.82) is 0 Å². The van der Waals surface area contributed by atoms with Gasteiger partial charge < -0.3 is 9.30 Å². The van der Waals surface area contributed by atoms with Crippen LogP contribution in [0, 0.1) is 6.33 Å². The fourth-order valence-electron chi connectivity index (χ4n) is 9.22. The maximum absolute atomic E-state index is 9.20. The van der Waals surface area contributed by atoms with Gasteiger partial charge in [0, 0.05) is 39.5 Å². The van der Waals surface area contributed by atoms with Gasteiger partial charge in [-0.2, -0.15) is 0 Å². The molecule has 12 rings (SSSR count). The molecular formula is C58H43N5O. The molecule has 64 heavy (non-hydrogen) atoms. The van der Waals surface area contributed by atoms with E-state index in [0.717, 1.165) is 71.8 Å². The Morgan fingerprint density at radius 1 is 0.562 bits per heavy atom. The summed E-state index contributed by atoms with van der Waals surface area (Å²) in [5.41, 5.74) is 9.61. The number of benzene rings is 8. The summed E-state index contributed by atoms with van der Waals surface area (Å²) in [4.78, 5) is 4.86. The molecule has 8 aromatic carbocycles. The van der Waals surface area contributed by atoms with Gasteiger partial charge >= 0.3 is 0 Å². The molecule has 0 aliphatic rings. The Balaban J connectivity index is 1.04. The van der Waals surface area contributed by atoms with E-state index in [4.69, 9.17) is 13.8 Å². The minimum Gasteiger partial charge on any atom is -0.458 e. The normalized spacial score (nSPS) is 13.1. The van der Waals surface area contributed by atoms with Crippen molar-refractivity contribution >= 4 is 54.6 Å². The largest absolute Gasteiger partial charge is 0.458 e. The molecule has 12 aromatic rings. The van der Waals surface area contributed by atoms with Crippen molar-refractivity contribution in [3.63, 3.8) is 0 Å². The lowest BCUT2D eigenvalue weighted by Crippen LogP contribution is -2.31. The molecule has 4 heterocycles. The molecule has 6 nitrogen and oxygen atoms in total. The highest BCUT2D eigenvalue weighted by Gasteiger charge is 2.24. The van der Waals surface area contributed by atoms with Crippen LogP contribution in [-0.2, 0) is 5.41 Å². The predicted octanol–water partition coefficient (Wildman–Crippen LogP) is 14.1. The van der Waals surface area contributed by atoms with Crippen molar-refractivity contribution in [3.8, 4) is 45.5 Å². The SMILES string of the molecule is [2H]c1c([2H])c([2H])c(-c2ccc3c(c2-[n+]2[c-]n(-c4cccc(Oc5ccc6c7ccccc7n(-c7cc(C(C)(C)C)ccn7)c6c5)c4)c4ccccc42)c2ccccc2n3-c2ccccc2)c([2H])c1[2H]. The highest BCUT2D eigenvalue weighted by Crippen LogP contribution is 2.40. The number of rotatable bonds is 7. The van der Waals surface area contributed by atoms with E-state index in [2.05, 4.69) is 109 Å². The molecule has 0 radical (unpaired) electrons. The number of nitrogens with zero attached hydrogens (tertiary/aromatic N) is 5. The molecule has 6 heteroatoms. The monoisotopic (exact) mass is 830 g/mol. The van der Waals surface area contributed by atoms with Crippen LogP contribution >= 0.6 is 0 Å². The fourth-order valence-corrected chi connectivity index (χ4v) is 9.22. The van der Waals surface area contributed by atoms with Gasteiger partial charge in [-0.25, -0.2) is 4.98 Å². The average molecular weight is 831 g/mol. The van der Waals surface area contributed by atoms with Gasteiger partial charge in [0.2, 0.25) is 0 Å². The van der Waals surface area contributed by atoms with Gasteiger partial charge in [0.05, 0.1) is 51.3 Å². The maximum Gasteiger partial charge on any atom is 0.269 e. The highest BCUT2D eigenvalue weighted by atomic mass is 16.5. The summed E-state index contributed by atoms with van der Waals surface area (Å²) in [6.07, 6.45) is 5.58. The van der Waals surface area contributed by atoms with Gasteiger partial charge in [-0.3, -0.25) is 13.7 Å². The van der Waals surface area contributed by atoms with Gasteiger partial charge in [-0.05, 0) is 94.9 Å². The molecule has 0 fully saturated rings.